The second kappa shape index (κ2) is 6.47. The molecule has 0 aromatic carbocycles. The van der Waals surface area contributed by atoms with Crippen LogP contribution in [0, 0.1) is 0 Å². The molecule has 0 heterocycles. The molecule has 5 nitrogen and oxygen atoms in total. The Morgan fingerprint density at radius 1 is 1.50 bits per heavy atom. The summed E-state index contributed by atoms with van der Waals surface area (Å²) in [7, 11) is 1.54. The van der Waals surface area contributed by atoms with Crippen molar-refractivity contribution in [2.75, 3.05) is 20.3 Å². The predicted octanol–water partition coefficient (Wildman–Crippen LogP) is -0.368. The number of rotatable bonds is 5. The molecule has 0 aliphatic carbocycles. The lowest BCUT2D eigenvalue weighted by Gasteiger charge is -2.00. The van der Waals surface area contributed by atoms with Crippen LogP contribution in [0.1, 0.15) is 6.92 Å². The number of hydrogen-bond acceptors (Lipinski definition) is 4. The zero-order valence-corrected chi connectivity index (χ0v) is 6.05. The van der Waals surface area contributed by atoms with Crippen molar-refractivity contribution in [3.05, 3.63) is 0 Å². The van der Waals surface area contributed by atoms with E-state index < -0.39 is 0 Å². The van der Waals surface area contributed by atoms with Crippen LogP contribution < -0.4 is 5.48 Å². The SMILES string of the molecule is COCCOONC(C)=O. The first-order valence-corrected chi connectivity index (χ1v) is 2.81. The van der Waals surface area contributed by atoms with Crippen LogP contribution in [0.2, 0.25) is 0 Å². The first-order chi connectivity index (χ1) is 4.77. The van der Waals surface area contributed by atoms with E-state index >= 15 is 0 Å². The van der Waals surface area contributed by atoms with Gasteiger partial charge < -0.3 is 4.74 Å². The number of hydroxylamine groups is 1. The summed E-state index contributed by atoms with van der Waals surface area (Å²) in [4.78, 5) is 18.8. The average Bonchev–Trinajstić information content (AvgIpc) is 1.87. The molecule has 0 atom stereocenters. The molecule has 0 rings (SSSR count). The third-order valence-electron chi connectivity index (χ3n) is 0.615. The molecule has 0 saturated carbocycles. The Kier molecular flexibility index (Phi) is 6.05. The van der Waals surface area contributed by atoms with Gasteiger partial charge in [-0.1, -0.05) is 0 Å². The Morgan fingerprint density at radius 2 is 2.20 bits per heavy atom. The highest BCUT2D eigenvalue weighted by atomic mass is 17.3. The minimum Gasteiger partial charge on any atom is -0.382 e. The van der Waals surface area contributed by atoms with E-state index in [-0.39, 0.29) is 12.5 Å². The molecule has 0 saturated heterocycles. The molecule has 0 aromatic heterocycles. The number of nitrogens with one attached hydrogen (secondary N) is 1. The smallest absolute Gasteiger partial charge is 0.242 e. The van der Waals surface area contributed by atoms with Crippen LogP contribution in [0.4, 0.5) is 0 Å². The minimum absolute atomic E-state index is 0.288. The molecular formula is C5H11NO4. The lowest BCUT2D eigenvalue weighted by Crippen LogP contribution is -2.21. The molecule has 0 aliphatic heterocycles. The molecule has 1 amide bonds. The van der Waals surface area contributed by atoms with Crippen LogP contribution in [0.25, 0.3) is 0 Å². The normalized spacial score (nSPS) is 9.40. The molecule has 5 heteroatoms. The van der Waals surface area contributed by atoms with Gasteiger partial charge in [0.1, 0.15) is 6.61 Å². The molecular weight excluding hydrogens is 138 g/mol. The van der Waals surface area contributed by atoms with Gasteiger partial charge in [-0.3, -0.25) is 4.79 Å². The summed E-state index contributed by atoms with van der Waals surface area (Å²) in [5.74, 6) is -0.308. The number of ether oxygens (including phenoxy) is 1. The first-order valence-electron chi connectivity index (χ1n) is 2.81. The van der Waals surface area contributed by atoms with Crippen LogP contribution in [0.5, 0.6) is 0 Å². The van der Waals surface area contributed by atoms with Crippen molar-refractivity contribution in [2.45, 2.75) is 6.92 Å². The number of carbonyl (C=O) groups excluding carboxylic acids is 1. The largest absolute Gasteiger partial charge is 0.382 e. The molecule has 60 valence electrons. The second-order valence-corrected chi connectivity index (χ2v) is 1.56. The van der Waals surface area contributed by atoms with Gasteiger partial charge in [-0.15, -0.1) is 4.99 Å². The molecule has 1 N–H and O–H groups in total. The van der Waals surface area contributed by atoms with Crippen LogP contribution >= 0.6 is 0 Å². The fraction of sp³-hybridized carbons (Fsp3) is 0.800. The Labute approximate surface area is 59.1 Å². The van der Waals surface area contributed by atoms with Crippen LogP contribution in [0.15, 0.2) is 0 Å². The predicted molar refractivity (Wildman–Crippen MR) is 32.7 cm³/mol. The van der Waals surface area contributed by atoms with Crippen molar-refractivity contribution in [3.8, 4) is 0 Å². The first kappa shape index (κ1) is 9.35. The lowest BCUT2D eigenvalue weighted by atomic mass is 10.8. The number of carbonyl (C=O) groups is 1. The standard InChI is InChI=1S/C5H11NO4/c1-5(7)6-10-9-4-3-8-2/h3-4H2,1-2H3,(H,6,7). The monoisotopic (exact) mass is 149 g/mol. The summed E-state index contributed by atoms with van der Waals surface area (Å²) >= 11 is 0. The Morgan fingerprint density at radius 3 is 2.70 bits per heavy atom. The lowest BCUT2D eigenvalue weighted by molar-refractivity contribution is -0.331. The van der Waals surface area contributed by atoms with Crippen molar-refractivity contribution in [1.29, 1.82) is 0 Å². The van der Waals surface area contributed by atoms with Gasteiger partial charge in [0.25, 0.3) is 0 Å². The van der Waals surface area contributed by atoms with E-state index in [0.717, 1.165) is 0 Å². The highest BCUT2D eigenvalue weighted by Gasteiger charge is 1.89. The maximum absolute atomic E-state index is 10.1. The van der Waals surface area contributed by atoms with Gasteiger partial charge >= 0.3 is 0 Å². The zero-order valence-electron chi connectivity index (χ0n) is 6.05. The van der Waals surface area contributed by atoms with Gasteiger partial charge in [-0.2, -0.15) is 0 Å². The summed E-state index contributed by atoms with van der Waals surface area (Å²) in [6.45, 7) is 2.04. The van der Waals surface area contributed by atoms with E-state index in [4.69, 9.17) is 0 Å². The van der Waals surface area contributed by atoms with Gasteiger partial charge in [0, 0.05) is 14.0 Å². The van der Waals surface area contributed by atoms with E-state index in [2.05, 4.69) is 14.6 Å². The molecule has 0 bridgehead atoms. The average molecular weight is 149 g/mol. The summed E-state index contributed by atoms with van der Waals surface area (Å²) in [6.07, 6.45) is 0. The van der Waals surface area contributed by atoms with Crippen LogP contribution in [-0.4, -0.2) is 26.2 Å². The Balaban J connectivity index is 2.84. The molecule has 0 fully saturated rings. The Hall–Kier alpha value is -0.650. The van der Waals surface area contributed by atoms with Gasteiger partial charge in [0.05, 0.1) is 6.61 Å². The van der Waals surface area contributed by atoms with Crippen LogP contribution in [0.3, 0.4) is 0 Å². The minimum atomic E-state index is -0.308. The number of amides is 1. The van der Waals surface area contributed by atoms with Crippen molar-refractivity contribution >= 4 is 5.91 Å². The molecule has 0 aromatic rings. The van der Waals surface area contributed by atoms with E-state index in [9.17, 15) is 4.79 Å². The maximum atomic E-state index is 10.1. The summed E-state index contributed by atoms with van der Waals surface area (Å²) in [5.41, 5.74) is 1.99. The van der Waals surface area contributed by atoms with Gasteiger partial charge in [0.2, 0.25) is 5.91 Å². The quantitative estimate of drug-likeness (QED) is 0.329. The fourth-order valence-corrected chi connectivity index (χ4v) is 0.247. The number of hydrogen-bond donors (Lipinski definition) is 1. The molecule has 0 aliphatic rings. The topological polar surface area (TPSA) is 56.8 Å². The van der Waals surface area contributed by atoms with Crippen LogP contribution in [-0.2, 0) is 19.4 Å². The third kappa shape index (κ3) is 7.35. The maximum Gasteiger partial charge on any atom is 0.242 e. The third-order valence-corrected chi connectivity index (χ3v) is 0.615. The van der Waals surface area contributed by atoms with Gasteiger partial charge in [-0.05, 0) is 0 Å². The zero-order chi connectivity index (χ0) is 7.82. The van der Waals surface area contributed by atoms with Crippen molar-refractivity contribution in [2.24, 2.45) is 0 Å². The van der Waals surface area contributed by atoms with Crippen molar-refractivity contribution in [1.82, 2.24) is 5.48 Å². The fourth-order valence-electron chi connectivity index (χ4n) is 0.247. The Bertz CT molecular complexity index is 95.6. The molecule has 10 heavy (non-hydrogen) atoms. The highest BCUT2D eigenvalue weighted by molar-refractivity contribution is 5.71. The van der Waals surface area contributed by atoms with E-state index in [1.54, 1.807) is 7.11 Å². The van der Waals surface area contributed by atoms with Crippen molar-refractivity contribution < 1.29 is 19.4 Å². The van der Waals surface area contributed by atoms with Crippen molar-refractivity contribution in [3.63, 3.8) is 0 Å². The van der Waals surface area contributed by atoms with E-state index in [1.807, 2.05) is 5.48 Å². The molecule has 0 unspecified atom stereocenters. The second-order valence-electron chi connectivity index (χ2n) is 1.56. The molecule has 0 spiro atoms. The summed E-state index contributed by atoms with van der Waals surface area (Å²) in [6, 6.07) is 0. The summed E-state index contributed by atoms with van der Waals surface area (Å²) in [5, 5.41) is 0. The van der Waals surface area contributed by atoms with E-state index in [1.165, 1.54) is 6.92 Å². The summed E-state index contributed by atoms with van der Waals surface area (Å²) < 4.78 is 4.63. The van der Waals surface area contributed by atoms with Gasteiger partial charge in [0.15, 0.2) is 0 Å². The van der Waals surface area contributed by atoms with E-state index in [0.29, 0.717) is 6.61 Å². The number of methoxy groups -OCH3 is 1. The van der Waals surface area contributed by atoms with Gasteiger partial charge in [-0.25, -0.2) is 10.4 Å². The highest BCUT2D eigenvalue weighted by Crippen LogP contribution is 1.74. The molecule has 0 radical (unpaired) electrons.